The van der Waals surface area contributed by atoms with Crippen molar-refractivity contribution in [3.63, 3.8) is 0 Å². The van der Waals surface area contributed by atoms with Crippen LogP contribution in [0.15, 0.2) is 0 Å². The van der Waals surface area contributed by atoms with E-state index in [1.54, 1.807) is 0 Å². The van der Waals surface area contributed by atoms with Crippen LogP contribution in [0.1, 0.15) is 13.8 Å². The van der Waals surface area contributed by atoms with Gasteiger partial charge in [0.15, 0.2) is 0 Å². The maximum Gasteiger partial charge on any atom is 0.246 e. The number of hydrogen-bond donors (Lipinski definition) is 2. The summed E-state index contributed by atoms with van der Waals surface area (Å²) in [5.74, 6) is -0.139. The molecule has 3 N–H and O–H groups in total. The largest absolute Gasteiger partial charge is 0.376 e. The van der Waals surface area contributed by atoms with Gasteiger partial charge in [0.2, 0.25) is 5.91 Å². The number of hydrogen-bond acceptors (Lipinski definition) is 4. The van der Waals surface area contributed by atoms with Crippen molar-refractivity contribution in [2.75, 3.05) is 32.9 Å². The Morgan fingerprint density at radius 2 is 2.14 bits per heavy atom. The Morgan fingerprint density at radius 3 is 2.71 bits per heavy atom. The van der Waals surface area contributed by atoms with Gasteiger partial charge in [0, 0.05) is 13.1 Å². The zero-order valence-corrected chi connectivity index (χ0v) is 8.91. The van der Waals surface area contributed by atoms with Crippen LogP contribution < -0.4 is 11.1 Å². The number of carbonyl (C=O) groups is 1. The van der Waals surface area contributed by atoms with E-state index in [0.29, 0.717) is 26.3 Å². The Morgan fingerprint density at radius 1 is 1.43 bits per heavy atom. The molecule has 0 bridgehead atoms. The fourth-order valence-electron chi connectivity index (χ4n) is 0.770. The van der Waals surface area contributed by atoms with Gasteiger partial charge >= 0.3 is 0 Å². The summed E-state index contributed by atoms with van der Waals surface area (Å²) in [5.41, 5.74) is 5.21. The van der Waals surface area contributed by atoms with Crippen molar-refractivity contribution in [3.8, 4) is 0 Å². The lowest BCUT2D eigenvalue weighted by Gasteiger charge is -2.08. The first kappa shape index (κ1) is 13.4. The Balaban J connectivity index is 3.15. The maximum atomic E-state index is 11.0. The van der Waals surface area contributed by atoms with Crippen molar-refractivity contribution in [1.29, 1.82) is 0 Å². The van der Waals surface area contributed by atoms with Crippen molar-refractivity contribution < 1.29 is 14.3 Å². The summed E-state index contributed by atoms with van der Waals surface area (Å²) < 4.78 is 10.3. The molecule has 84 valence electrons. The Bertz CT molecular complexity index is 151. The summed E-state index contributed by atoms with van der Waals surface area (Å²) in [6.07, 6.45) is 0.199. The quantitative estimate of drug-likeness (QED) is 0.523. The summed E-state index contributed by atoms with van der Waals surface area (Å²) in [6.45, 7) is 5.87. The summed E-state index contributed by atoms with van der Waals surface area (Å²) in [6, 6.07) is 0. The second-order valence-electron chi connectivity index (χ2n) is 3.11. The van der Waals surface area contributed by atoms with Crippen molar-refractivity contribution in [1.82, 2.24) is 5.32 Å². The molecular weight excluding hydrogens is 184 g/mol. The highest BCUT2D eigenvalue weighted by Gasteiger charge is 1.99. The molecule has 1 amide bonds. The SMILES string of the molecule is CC(C)OCCOCC(=O)NCCN. The number of nitrogens with one attached hydrogen (secondary N) is 1. The van der Waals surface area contributed by atoms with E-state index in [1.165, 1.54) is 0 Å². The van der Waals surface area contributed by atoms with Crippen LogP contribution >= 0.6 is 0 Å². The van der Waals surface area contributed by atoms with Crippen LogP contribution in [0.25, 0.3) is 0 Å². The molecule has 0 saturated heterocycles. The summed E-state index contributed by atoms with van der Waals surface area (Å²) in [4.78, 5) is 11.0. The highest BCUT2D eigenvalue weighted by Crippen LogP contribution is 1.86. The van der Waals surface area contributed by atoms with Gasteiger partial charge < -0.3 is 20.5 Å². The van der Waals surface area contributed by atoms with E-state index in [2.05, 4.69) is 5.32 Å². The van der Waals surface area contributed by atoms with Gasteiger partial charge in [-0.15, -0.1) is 0 Å². The topological polar surface area (TPSA) is 73.6 Å². The molecule has 0 aliphatic carbocycles. The van der Waals surface area contributed by atoms with Gasteiger partial charge in [-0.2, -0.15) is 0 Å². The number of rotatable bonds is 8. The molecule has 0 fully saturated rings. The molecule has 0 aliphatic heterocycles. The van der Waals surface area contributed by atoms with Gasteiger partial charge in [0.25, 0.3) is 0 Å². The molecular formula is C9H20N2O3. The average molecular weight is 204 g/mol. The lowest BCUT2D eigenvalue weighted by atomic mass is 10.5. The third-order valence-corrected chi connectivity index (χ3v) is 1.38. The molecule has 5 nitrogen and oxygen atoms in total. The highest BCUT2D eigenvalue weighted by atomic mass is 16.5. The van der Waals surface area contributed by atoms with Crippen molar-refractivity contribution in [2.24, 2.45) is 5.73 Å². The van der Waals surface area contributed by atoms with Crippen molar-refractivity contribution in [2.45, 2.75) is 20.0 Å². The molecule has 0 saturated carbocycles. The average Bonchev–Trinajstić information content (AvgIpc) is 2.13. The van der Waals surface area contributed by atoms with E-state index in [0.717, 1.165) is 0 Å². The first-order valence-corrected chi connectivity index (χ1v) is 4.83. The molecule has 14 heavy (non-hydrogen) atoms. The predicted octanol–water partition coefficient (Wildman–Crippen LogP) is -0.497. The molecule has 0 aromatic carbocycles. The summed E-state index contributed by atoms with van der Waals surface area (Å²) in [7, 11) is 0. The van der Waals surface area contributed by atoms with Crippen LogP contribution in [-0.2, 0) is 14.3 Å². The first-order chi connectivity index (χ1) is 6.66. The number of amides is 1. The third kappa shape index (κ3) is 9.44. The van der Waals surface area contributed by atoms with Gasteiger partial charge in [-0.3, -0.25) is 4.79 Å². The van der Waals surface area contributed by atoms with E-state index in [-0.39, 0.29) is 18.6 Å². The van der Waals surface area contributed by atoms with E-state index in [1.807, 2.05) is 13.8 Å². The molecule has 0 spiro atoms. The van der Waals surface area contributed by atoms with E-state index in [4.69, 9.17) is 15.2 Å². The van der Waals surface area contributed by atoms with Crippen molar-refractivity contribution >= 4 is 5.91 Å². The normalized spacial score (nSPS) is 10.6. The van der Waals surface area contributed by atoms with Crippen LogP contribution in [0.2, 0.25) is 0 Å². The van der Waals surface area contributed by atoms with E-state index < -0.39 is 0 Å². The first-order valence-electron chi connectivity index (χ1n) is 4.83. The Kier molecular flexibility index (Phi) is 8.51. The Hall–Kier alpha value is -0.650. The predicted molar refractivity (Wildman–Crippen MR) is 54.0 cm³/mol. The number of carbonyl (C=O) groups excluding carboxylic acids is 1. The smallest absolute Gasteiger partial charge is 0.246 e. The number of ether oxygens (including phenoxy) is 2. The van der Waals surface area contributed by atoms with Crippen LogP contribution in [0.4, 0.5) is 0 Å². The van der Waals surface area contributed by atoms with Gasteiger partial charge in [0.05, 0.1) is 19.3 Å². The maximum absolute atomic E-state index is 11.0. The zero-order valence-electron chi connectivity index (χ0n) is 8.91. The number of nitrogens with two attached hydrogens (primary N) is 1. The minimum Gasteiger partial charge on any atom is -0.376 e. The lowest BCUT2D eigenvalue weighted by Crippen LogP contribution is -2.32. The van der Waals surface area contributed by atoms with Crippen LogP contribution in [0, 0.1) is 0 Å². The Labute approximate surface area is 84.9 Å². The van der Waals surface area contributed by atoms with Gasteiger partial charge in [-0.1, -0.05) is 0 Å². The van der Waals surface area contributed by atoms with E-state index in [9.17, 15) is 4.79 Å². The second-order valence-corrected chi connectivity index (χ2v) is 3.11. The molecule has 0 aliphatic rings. The fraction of sp³-hybridized carbons (Fsp3) is 0.889. The molecule has 0 unspecified atom stereocenters. The zero-order chi connectivity index (χ0) is 10.8. The molecule has 0 rings (SSSR count). The van der Waals surface area contributed by atoms with Gasteiger partial charge in [-0.25, -0.2) is 0 Å². The molecule has 5 heteroatoms. The fourth-order valence-corrected chi connectivity index (χ4v) is 0.770. The van der Waals surface area contributed by atoms with Gasteiger partial charge in [0.1, 0.15) is 6.61 Å². The third-order valence-electron chi connectivity index (χ3n) is 1.38. The second kappa shape index (κ2) is 8.93. The van der Waals surface area contributed by atoms with Crippen molar-refractivity contribution in [3.05, 3.63) is 0 Å². The van der Waals surface area contributed by atoms with Crippen LogP contribution in [0.5, 0.6) is 0 Å². The lowest BCUT2D eigenvalue weighted by molar-refractivity contribution is -0.126. The monoisotopic (exact) mass is 204 g/mol. The van der Waals surface area contributed by atoms with Crippen LogP contribution in [-0.4, -0.2) is 44.9 Å². The minimum atomic E-state index is -0.139. The molecule has 0 aromatic heterocycles. The minimum absolute atomic E-state index is 0.0709. The summed E-state index contributed by atoms with van der Waals surface area (Å²) >= 11 is 0. The summed E-state index contributed by atoms with van der Waals surface area (Å²) in [5, 5.41) is 2.60. The van der Waals surface area contributed by atoms with Crippen LogP contribution in [0.3, 0.4) is 0 Å². The molecule has 0 heterocycles. The van der Waals surface area contributed by atoms with E-state index >= 15 is 0 Å². The molecule has 0 aromatic rings. The molecule has 0 atom stereocenters. The van der Waals surface area contributed by atoms with Gasteiger partial charge in [-0.05, 0) is 13.8 Å². The highest BCUT2D eigenvalue weighted by molar-refractivity contribution is 5.77. The molecule has 0 radical (unpaired) electrons. The standard InChI is InChI=1S/C9H20N2O3/c1-8(2)14-6-5-13-7-9(12)11-4-3-10/h8H,3-7,10H2,1-2H3,(H,11,12).